The minimum atomic E-state index is -4.30. The van der Waals surface area contributed by atoms with Crippen molar-refractivity contribution in [3.8, 4) is 0 Å². The topological polar surface area (TPSA) is 18.5 Å². The van der Waals surface area contributed by atoms with E-state index in [1.165, 1.54) is 0 Å². The van der Waals surface area contributed by atoms with E-state index in [0.717, 1.165) is 6.42 Å². The standard InChI is InChI=1S/C17H33F3O2/c1-12(2)22-15(17(18,19)20)10-13(3)8-9-14(4)21-11-16(5,6)7/h12-15H,8-11H2,1-7H3. The van der Waals surface area contributed by atoms with Crippen molar-refractivity contribution < 1.29 is 22.6 Å². The second kappa shape index (κ2) is 9.11. The van der Waals surface area contributed by atoms with Gasteiger partial charge in [0.15, 0.2) is 6.10 Å². The molecule has 0 aliphatic heterocycles. The lowest BCUT2D eigenvalue weighted by Crippen LogP contribution is -2.35. The van der Waals surface area contributed by atoms with Gasteiger partial charge in [-0.3, -0.25) is 0 Å². The zero-order valence-corrected chi connectivity index (χ0v) is 15.1. The van der Waals surface area contributed by atoms with E-state index in [1.807, 2.05) is 13.8 Å². The van der Waals surface area contributed by atoms with Gasteiger partial charge in [0.05, 0.1) is 18.8 Å². The molecule has 0 aromatic carbocycles. The molecule has 0 aromatic heterocycles. The smallest absolute Gasteiger partial charge is 0.378 e. The molecule has 0 radical (unpaired) electrons. The average molecular weight is 326 g/mol. The van der Waals surface area contributed by atoms with Crippen molar-refractivity contribution in [1.29, 1.82) is 0 Å². The summed E-state index contributed by atoms with van der Waals surface area (Å²) in [5, 5.41) is 0. The number of alkyl halides is 3. The van der Waals surface area contributed by atoms with E-state index in [-0.39, 0.29) is 23.9 Å². The van der Waals surface area contributed by atoms with Crippen LogP contribution in [0.1, 0.15) is 67.7 Å². The lowest BCUT2D eigenvalue weighted by molar-refractivity contribution is -0.234. The Morgan fingerprint density at radius 2 is 1.45 bits per heavy atom. The van der Waals surface area contributed by atoms with E-state index < -0.39 is 18.4 Å². The number of hydrogen-bond donors (Lipinski definition) is 0. The molecule has 3 atom stereocenters. The minimum absolute atomic E-state index is 0.00761. The fourth-order valence-corrected chi connectivity index (χ4v) is 2.07. The summed E-state index contributed by atoms with van der Waals surface area (Å²) >= 11 is 0. The van der Waals surface area contributed by atoms with Gasteiger partial charge >= 0.3 is 6.18 Å². The average Bonchev–Trinajstić information content (AvgIpc) is 2.30. The summed E-state index contributed by atoms with van der Waals surface area (Å²) in [6, 6.07) is 0. The highest BCUT2D eigenvalue weighted by molar-refractivity contribution is 4.73. The molecule has 0 aromatic rings. The van der Waals surface area contributed by atoms with Gasteiger partial charge in [0.2, 0.25) is 0 Å². The molecule has 0 aliphatic carbocycles. The van der Waals surface area contributed by atoms with Crippen LogP contribution in [0.5, 0.6) is 0 Å². The Morgan fingerprint density at radius 1 is 0.909 bits per heavy atom. The van der Waals surface area contributed by atoms with Crippen LogP contribution < -0.4 is 0 Å². The van der Waals surface area contributed by atoms with Crippen LogP contribution in [-0.4, -0.2) is 31.1 Å². The highest BCUT2D eigenvalue weighted by Gasteiger charge is 2.41. The van der Waals surface area contributed by atoms with E-state index in [1.54, 1.807) is 13.8 Å². The van der Waals surface area contributed by atoms with Gasteiger partial charge in [-0.15, -0.1) is 0 Å². The maximum atomic E-state index is 12.9. The second-order valence-corrected chi connectivity index (χ2v) is 7.82. The molecule has 0 spiro atoms. The van der Waals surface area contributed by atoms with Crippen LogP contribution in [0.15, 0.2) is 0 Å². The fourth-order valence-electron chi connectivity index (χ4n) is 2.07. The van der Waals surface area contributed by atoms with E-state index in [0.29, 0.717) is 13.0 Å². The largest absolute Gasteiger partial charge is 0.414 e. The van der Waals surface area contributed by atoms with Crippen molar-refractivity contribution in [2.75, 3.05) is 6.61 Å². The summed E-state index contributed by atoms with van der Waals surface area (Å²) in [5.41, 5.74) is 0.104. The molecule has 0 amide bonds. The molecule has 134 valence electrons. The number of rotatable bonds is 9. The maximum absolute atomic E-state index is 12.9. The Morgan fingerprint density at radius 3 is 1.86 bits per heavy atom. The first-order chi connectivity index (χ1) is 9.81. The van der Waals surface area contributed by atoms with Crippen LogP contribution in [0.25, 0.3) is 0 Å². The molecule has 0 bridgehead atoms. The van der Waals surface area contributed by atoms with Gasteiger partial charge in [0.25, 0.3) is 0 Å². The van der Waals surface area contributed by atoms with Gasteiger partial charge in [-0.1, -0.05) is 27.7 Å². The van der Waals surface area contributed by atoms with Crippen LogP contribution in [-0.2, 0) is 9.47 Å². The molecule has 2 nitrogen and oxygen atoms in total. The fraction of sp³-hybridized carbons (Fsp3) is 1.00. The summed E-state index contributed by atoms with van der Waals surface area (Å²) in [6.45, 7) is 14.0. The van der Waals surface area contributed by atoms with E-state index >= 15 is 0 Å². The summed E-state index contributed by atoms with van der Waals surface area (Å²) < 4.78 is 49.6. The summed E-state index contributed by atoms with van der Waals surface area (Å²) in [7, 11) is 0. The molecular weight excluding hydrogens is 293 g/mol. The minimum Gasteiger partial charge on any atom is -0.378 e. The molecular formula is C17H33F3O2. The first-order valence-corrected chi connectivity index (χ1v) is 8.15. The first kappa shape index (κ1) is 21.7. The van der Waals surface area contributed by atoms with Crippen LogP contribution in [0.4, 0.5) is 13.2 Å². The van der Waals surface area contributed by atoms with E-state index in [9.17, 15) is 13.2 Å². The molecule has 22 heavy (non-hydrogen) atoms. The molecule has 0 aliphatic rings. The van der Waals surface area contributed by atoms with Crippen LogP contribution >= 0.6 is 0 Å². The van der Waals surface area contributed by atoms with E-state index in [4.69, 9.17) is 9.47 Å². The molecule has 0 saturated carbocycles. The normalized spacial score (nSPS) is 17.6. The summed E-state index contributed by atoms with van der Waals surface area (Å²) in [4.78, 5) is 0. The Labute approximate surface area is 133 Å². The third kappa shape index (κ3) is 11.3. The maximum Gasteiger partial charge on any atom is 0.414 e. The molecule has 0 fully saturated rings. The zero-order chi connectivity index (χ0) is 17.6. The number of hydrogen-bond acceptors (Lipinski definition) is 2. The van der Waals surface area contributed by atoms with Crippen molar-refractivity contribution in [2.45, 2.75) is 92.2 Å². The van der Waals surface area contributed by atoms with Crippen LogP contribution in [0.3, 0.4) is 0 Å². The Kier molecular flexibility index (Phi) is 8.99. The van der Waals surface area contributed by atoms with Gasteiger partial charge in [0, 0.05) is 0 Å². The Bertz CT molecular complexity index is 295. The second-order valence-electron chi connectivity index (χ2n) is 7.82. The van der Waals surface area contributed by atoms with Crippen molar-refractivity contribution in [3.63, 3.8) is 0 Å². The van der Waals surface area contributed by atoms with Crippen LogP contribution in [0.2, 0.25) is 0 Å². The highest BCUT2D eigenvalue weighted by atomic mass is 19.4. The molecule has 0 N–H and O–H groups in total. The van der Waals surface area contributed by atoms with Crippen molar-refractivity contribution in [3.05, 3.63) is 0 Å². The molecule has 3 unspecified atom stereocenters. The van der Waals surface area contributed by atoms with Gasteiger partial charge in [-0.05, 0) is 51.4 Å². The lowest BCUT2D eigenvalue weighted by Gasteiger charge is -2.26. The number of ether oxygens (including phenoxy) is 2. The van der Waals surface area contributed by atoms with Crippen LogP contribution in [0, 0.1) is 11.3 Å². The quantitative estimate of drug-likeness (QED) is 0.549. The molecule has 5 heteroatoms. The molecule has 0 rings (SSSR count). The van der Waals surface area contributed by atoms with E-state index in [2.05, 4.69) is 20.8 Å². The van der Waals surface area contributed by atoms with Gasteiger partial charge in [0.1, 0.15) is 0 Å². The molecule has 0 saturated heterocycles. The number of halogens is 3. The first-order valence-electron chi connectivity index (χ1n) is 8.15. The Hall–Kier alpha value is -0.290. The monoisotopic (exact) mass is 326 g/mol. The zero-order valence-electron chi connectivity index (χ0n) is 15.1. The predicted octanol–water partition coefficient (Wildman–Crippen LogP) is 5.60. The van der Waals surface area contributed by atoms with Gasteiger partial charge in [-0.25, -0.2) is 0 Å². The van der Waals surface area contributed by atoms with Crippen molar-refractivity contribution >= 4 is 0 Å². The summed E-state index contributed by atoms with van der Waals surface area (Å²) in [5.74, 6) is -0.0499. The third-order valence-electron chi connectivity index (χ3n) is 3.28. The Balaban J connectivity index is 4.21. The van der Waals surface area contributed by atoms with Gasteiger partial charge < -0.3 is 9.47 Å². The highest BCUT2D eigenvalue weighted by Crippen LogP contribution is 2.30. The van der Waals surface area contributed by atoms with Gasteiger partial charge in [-0.2, -0.15) is 13.2 Å². The summed E-state index contributed by atoms with van der Waals surface area (Å²) in [6.07, 6.45) is -4.85. The third-order valence-corrected chi connectivity index (χ3v) is 3.28. The predicted molar refractivity (Wildman–Crippen MR) is 83.9 cm³/mol. The lowest BCUT2D eigenvalue weighted by atomic mass is 9.96. The SMILES string of the molecule is CC(CCC(C)OCC(C)(C)C)CC(OC(C)C)C(F)(F)F. The van der Waals surface area contributed by atoms with Crippen molar-refractivity contribution in [2.24, 2.45) is 11.3 Å². The molecule has 0 heterocycles. The van der Waals surface area contributed by atoms with Crippen molar-refractivity contribution in [1.82, 2.24) is 0 Å².